The lowest BCUT2D eigenvalue weighted by Gasteiger charge is -2.25. The number of methoxy groups -OCH3 is 1. The van der Waals surface area contributed by atoms with Gasteiger partial charge in [-0.05, 0) is 61.2 Å². The van der Waals surface area contributed by atoms with E-state index < -0.39 is 0 Å². The third kappa shape index (κ3) is 4.09. The maximum atomic E-state index is 5.67. The van der Waals surface area contributed by atoms with Gasteiger partial charge >= 0.3 is 0 Å². The van der Waals surface area contributed by atoms with Crippen LogP contribution in [-0.2, 0) is 6.54 Å². The third-order valence-corrected chi connectivity index (χ3v) is 4.65. The van der Waals surface area contributed by atoms with Crippen LogP contribution < -0.4 is 9.47 Å². The highest BCUT2D eigenvalue weighted by Gasteiger charge is 2.25. The van der Waals surface area contributed by atoms with E-state index in [1.54, 1.807) is 7.11 Å². The summed E-state index contributed by atoms with van der Waals surface area (Å²) in [5.74, 6) is 1.89. The average Bonchev–Trinajstić information content (AvgIpc) is 3.09. The van der Waals surface area contributed by atoms with E-state index in [4.69, 9.17) is 9.47 Å². The minimum atomic E-state index is 0.506. The molecule has 1 heterocycles. The minimum Gasteiger partial charge on any atom is -0.497 e. The Bertz CT molecular complexity index is 621. The van der Waals surface area contributed by atoms with Gasteiger partial charge in [-0.2, -0.15) is 0 Å². The number of ether oxygens (including phenoxy) is 2. The number of nitrogens with zero attached hydrogens (tertiary/aromatic N) is 1. The molecule has 2 aromatic carbocycles. The predicted octanol–water partition coefficient (Wildman–Crippen LogP) is 4.82. The lowest BCUT2D eigenvalue weighted by Crippen LogP contribution is -2.22. The predicted molar refractivity (Wildman–Crippen MR) is 97.6 cm³/mol. The standard InChI is InChI=1S/C21H27NO2/c1-3-15-24-20-10-6-17(7-11-20)16-22-14-4-5-21(22)18-8-12-19(23-2)13-9-18/h6-13,21H,3-5,14-16H2,1-2H3/t21-/m0/s1. The Hall–Kier alpha value is -2.00. The maximum absolute atomic E-state index is 5.67. The van der Waals surface area contributed by atoms with Crippen molar-refractivity contribution in [3.05, 3.63) is 59.7 Å². The van der Waals surface area contributed by atoms with Crippen molar-refractivity contribution < 1.29 is 9.47 Å². The Kier molecular flexibility index (Phi) is 5.76. The molecule has 128 valence electrons. The molecule has 0 bridgehead atoms. The highest BCUT2D eigenvalue weighted by atomic mass is 16.5. The van der Waals surface area contributed by atoms with Gasteiger partial charge in [0.15, 0.2) is 0 Å². The first-order valence-electron chi connectivity index (χ1n) is 8.90. The highest BCUT2D eigenvalue weighted by Crippen LogP contribution is 2.34. The SMILES string of the molecule is CCCOc1ccc(CN2CCC[C@H]2c2ccc(OC)cc2)cc1. The fourth-order valence-corrected chi connectivity index (χ4v) is 3.36. The van der Waals surface area contributed by atoms with Crippen molar-refractivity contribution in [1.29, 1.82) is 0 Å². The summed E-state index contributed by atoms with van der Waals surface area (Å²) < 4.78 is 10.9. The van der Waals surface area contributed by atoms with Gasteiger partial charge in [-0.25, -0.2) is 0 Å². The number of hydrogen-bond acceptors (Lipinski definition) is 3. The van der Waals surface area contributed by atoms with Gasteiger partial charge in [0.1, 0.15) is 11.5 Å². The van der Waals surface area contributed by atoms with Crippen LogP contribution in [-0.4, -0.2) is 25.2 Å². The van der Waals surface area contributed by atoms with E-state index in [1.165, 1.54) is 24.0 Å². The summed E-state index contributed by atoms with van der Waals surface area (Å²) >= 11 is 0. The largest absolute Gasteiger partial charge is 0.497 e. The molecule has 0 N–H and O–H groups in total. The van der Waals surface area contributed by atoms with Crippen LogP contribution in [0.2, 0.25) is 0 Å². The van der Waals surface area contributed by atoms with E-state index in [0.717, 1.165) is 37.6 Å². The van der Waals surface area contributed by atoms with Gasteiger partial charge in [0, 0.05) is 12.6 Å². The maximum Gasteiger partial charge on any atom is 0.119 e. The lowest BCUT2D eigenvalue weighted by molar-refractivity contribution is 0.248. The monoisotopic (exact) mass is 325 g/mol. The Morgan fingerprint density at radius 3 is 2.38 bits per heavy atom. The molecule has 0 saturated carbocycles. The van der Waals surface area contributed by atoms with E-state index >= 15 is 0 Å². The van der Waals surface area contributed by atoms with Gasteiger partial charge in [0.2, 0.25) is 0 Å². The summed E-state index contributed by atoms with van der Waals surface area (Å²) in [6, 6.07) is 17.6. The van der Waals surface area contributed by atoms with E-state index in [9.17, 15) is 0 Å². The molecule has 3 nitrogen and oxygen atoms in total. The molecule has 0 aliphatic carbocycles. The molecule has 0 unspecified atom stereocenters. The molecule has 0 aromatic heterocycles. The first kappa shape index (κ1) is 16.8. The van der Waals surface area contributed by atoms with Crippen LogP contribution in [0, 0.1) is 0 Å². The van der Waals surface area contributed by atoms with Gasteiger partial charge in [-0.1, -0.05) is 31.2 Å². The van der Waals surface area contributed by atoms with E-state index in [-0.39, 0.29) is 0 Å². The normalized spacial score (nSPS) is 17.8. The molecule has 1 fully saturated rings. The van der Waals surface area contributed by atoms with Crippen LogP contribution in [0.3, 0.4) is 0 Å². The first-order chi connectivity index (χ1) is 11.8. The van der Waals surface area contributed by atoms with E-state index in [2.05, 4.69) is 60.4 Å². The Balaban J connectivity index is 1.64. The fraction of sp³-hybridized carbons (Fsp3) is 0.429. The first-order valence-corrected chi connectivity index (χ1v) is 8.90. The van der Waals surface area contributed by atoms with Crippen molar-refractivity contribution in [2.45, 2.75) is 38.8 Å². The molecule has 1 atom stereocenters. The Morgan fingerprint density at radius 1 is 1.00 bits per heavy atom. The molecule has 0 spiro atoms. The average molecular weight is 325 g/mol. The van der Waals surface area contributed by atoms with Crippen molar-refractivity contribution in [3.63, 3.8) is 0 Å². The molecule has 3 rings (SSSR count). The molecular weight excluding hydrogens is 298 g/mol. The van der Waals surface area contributed by atoms with Gasteiger partial charge in [0.05, 0.1) is 13.7 Å². The summed E-state index contributed by atoms with van der Waals surface area (Å²) in [4.78, 5) is 2.57. The van der Waals surface area contributed by atoms with Crippen molar-refractivity contribution in [2.75, 3.05) is 20.3 Å². The van der Waals surface area contributed by atoms with Gasteiger partial charge in [-0.3, -0.25) is 4.90 Å². The molecule has 1 saturated heterocycles. The second kappa shape index (κ2) is 8.20. The van der Waals surface area contributed by atoms with Gasteiger partial charge in [-0.15, -0.1) is 0 Å². The summed E-state index contributed by atoms with van der Waals surface area (Å²) in [5, 5.41) is 0. The summed E-state index contributed by atoms with van der Waals surface area (Å²) in [6.45, 7) is 5.06. The van der Waals surface area contributed by atoms with Crippen molar-refractivity contribution in [1.82, 2.24) is 4.90 Å². The zero-order chi connectivity index (χ0) is 16.8. The van der Waals surface area contributed by atoms with Crippen LogP contribution in [0.25, 0.3) is 0 Å². The van der Waals surface area contributed by atoms with Crippen LogP contribution in [0.15, 0.2) is 48.5 Å². The quantitative estimate of drug-likeness (QED) is 0.728. The Labute approximate surface area is 145 Å². The minimum absolute atomic E-state index is 0.506. The van der Waals surface area contributed by atoms with Crippen molar-refractivity contribution in [2.24, 2.45) is 0 Å². The topological polar surface area (TPSA) is 21.7 Å². The zero-order valence-electron chi connectivity index (χ0n) is 14.7. The number of benzene rings is 2. The van der Waals surface area contributed by atoms with E-state index in [0.29, 0.717) is 6.04 Å². The summed E-state index contributed by atoms with van der Waals surface area (Å²) in [5.41, 5.74) is 2.73. The van der Waals surface area contributed by atoms with Crippen LogP contribution in [0.1, 0.15) is 43.4 Å². The molecule has 24 heavy (non-hydrogen) atoms. The third-order valence-electron chi connectivity index (χ3n) is 4.65. The molecule has 3 heteroatoms. The van der Waals surface area contributed by atoms with Crippen LogP contribution in [0.5, 0.6) is 11.5 Å². The fourth-order valence-electron chi connectivity index (χ4n) is 3.36. The molecular formula is C21H27NO2. The van der Waals surface area contributed by atoms with Gasteiger partial charge in [0.25, 0.3) is 0 Å². The Morgan fingerprint density at radius 2 is 1.71 bits per heavy atom. The van der Waals surface area contributed by atoms with Gasteiger partial charge < -0.3 is 9.47 Å². The summed E-state index contributed by atoms with van der Waals surface area (Å²) in [7, 11) is 1.71. The molecule has 1 aliphatic rings. The second-order valence-corrected chi connectivity index (χ2v) is 6.39. The lowest BCUT2D eigenvalue weighted by atomic mass is 10.0. The highest BCUT2D eigenvalue weighted by molar-refractivity contribution is 5.30. The summed E-state index contributed by atoms with van der Waals surface area (Å²) in [6.07, 6.45) is 3.53. The number of hydrogen-bond donors (Lipinski definition) is 0. The van der Waals surface area contributed by atoms with Crippen molar-refractivity contribution >= 4 is 0 Å². The molecule has 1 aliphatic heterocycles. The molecule has 0 radical (unpaired) electrons. The van der Waals surface area contributed by atoms with Crippen LogP contribution in [0.4, 0.5) is 0 Å². The smallest absolute Gasteiger partial charge is 0.119 e. The molecule has 2 aromatic rings. The second-order valence-electron chi connectivity index (χ2n) is 6.39. The van der Waals surface area contributed by atoms with Crippen LogP contribution >= 0.6 is 0 Å². The number of rotatable bonds is 7. The van der Waals surface area contributed by atoms with Crippen molar-refractivity contribution in [3.8, 4) is 11.5 Å². The molecule has 0 amide bonds. The van der Waals surface area contributed by atoms with E-state index in [1.807, 2.05) is 0 Å². The number of likely N-dealkylation sites (tertiary alicyclic amines) is 1. The zero-order valence-corrected chi connectivity index (χ0v) is 14.7.